The molecule has 3 nitrogen and oxygen atoms in total. The van der Waals surface area contributed by atoms with Crippen LogP contribution < -0.4 is 5.32 Å². The minimum absolute atomic E-state index is 0.574. The topological polar surface area (TPSA) is 37.8 Å². The van der Waals surface area contributed by atoms with Crippen LogP contribution in [0.3, 0.4) is 0 Å². The molecule has 1 aliphatic carbocycles. The Hall–Kier alpha value is -2.78. The van der Waals surface area contributed by atoms with Crippen molar-refractivity contribution in [1.29, 1.82) is 0 Å². The summed E-state index contributed by atoms with van der Waals surface area (Å²) in [6, 6.07) is 18.0. The SMILES string of the molecule is C=C(C)c1ccc(C2CC2NCc2ccc(-c3cnccn3)cc2)cc1. The maximum Gasteiger partial charge on any atom is 0.0885 e. The highest BCUT2D eigenvalue weighted by molar-refractivity contribution is 5.61. The molecule has 1 fully saturated rings. The van der Waals surface area contributed by atoms with Gasteiger partial charge in [0.1, 0.15) is 0 Å². The molecule has 3 aromatic rings. The van der Waals surface area contributed by atoms with E-state index in [2.05, 4.69) is 70.4 Å². The van der Waals surface area contributed by atoms with Gasteiger partial charge >= 0.3 is 0 Å². The third kappa shape index (κ3) is 3.73. The number of benzene rings is 2. The summed E-state index contributed by atoms with van der Waals surface area (Å²) in [7, 11) is 0. The molecule has 0 bridgehead atoms. The summed E-state index contributed by atoms with van der Waals surface area (Å²) < 4.78 is 0. The Kier molecular flexibility index (Phi) is 4.63. The molecule has 1 aliphatic rings. The van der Waals surface area contributed by atoms with Gasteiger partial charge in [-0.05, 0) is 30.0 Å². The van der Waals surface area contributed by atoms with Gasteiger partial charge in [0, 0.05) is 36.5 Å². The van der Waals surface area contributed by atoms with Crippen molar-refractivity contribution in [3.63, 3.8) is 0 Å². The number of aromatic nitrogens is 2. The lowest BCUT2D eigenvalue weighted by atomic mass is 10.0. The van der Waals surface area contributed by atoms with E-state index in [1.165, 1.54) is 23.1 Å². The van der Waals surface area contributed by atoms with E-state index in [1.54, 1.807) is 18.6 Å². The van der Waals surface area contributed by atoms with E-state index >= 15 is 0 Å². The van der Waals surface area contributed by atoms with Gasteiger partial charge in [-0.2, -0.15) is 0 Å². The molecule has 2 unspecified atom stereocenters. The maximum atomic E-state index is 4.34. The molecule has 130 valence electrons. The fourth-order valence-electron chi connectivity index (χ4n) is 3.29. The summed E-state index contributed by atoms with van der Waals surface area (Å²) in [5.74, 6) is 0.632. The number of rotatable bonds is 6. The average molecular weight is 341 g/mol. The molecule has 2 atom stereocenters. The van der Waals surface area contributed by atoms with Crippen LogP contribution in [0.2, 0.25) is 0 Å². The van der Waals surface area contributed by atoms with Crippen molar-refractivity contribution in [3.05, 3.63) is 90.4 Å². The second-order valence-electron chi connectivity index (χ2n) is 7.02. The van der Waals surface area contributed by atoms with Gasteiger partial charge in [0.15, 0.2) is 0 Å². The Morgan fingerprint density at radius 1 is 1.08 bits per heavy atom. The maximum absolute atomic E-state index is 4.34. The number of hydrogen-bond donors (Lipinski definition) is 1. The van der Waals surface area contributed by atoms with Crippen molar-refractivity contribution in [3.8, 4) is 11.3 Å². The fraction of sp³-hybridized carbons (Fsp3) is 0.217. The van der Waals surface area contributed by atoms with E-state index in [4.69, 9.17) is 0 Å². The van der Waals surface area contributed by atoms with Gasteiger partial charge in [-0.15, -0.1) is 0 Å². The summed E-state index contributed by atoms with van der Waals surface area (Å²) in [4.78, 5) is 8.46. The van der Waals surface area contributed by atoms with Crippen LogP contribution in [0.25, 0.3) is 16.8 Å². The minimum atomic E-state index is 0.574. The summed E-state index contributed by atoms with van der Waals surface area (Å²) in [5, 5.41) is 3.67. The van der Waals surface area contributed by atoms with E-state index in [1.807, 2.05) is 6.92 Å². The third-order valence-electron chi connectivity index (χ3n) is 5.00. The molecule has 1 saturated carbocycles. The quantitative estimate of drug-likeness (QED) is 0.698. The van der Waals surface area contributed by atoms with E-state index in [0.717, 1.165) is 23.4 Å². The highest BCUT2D eigenvalue weighted by Crippen LogP contribution is 2.41. The molecule has 3 heteroatoms. The fourth-order valence-corrected chi connectivity index (χ4v) is 3.29. The predicted molar refractivity (Wildman–Crippen MR) is 107 cm³/mol. The second kappa shape index (κ2) is 7.22. The first kappa shape index (κ1) is 16.7. The van der Waals surface area contributed by atoms with E-state index in [-0.39, 0.29) is 0 Å². The van der Waals surface area contributed by atoms with Crippen molar-refractivity contribution in [2.24, 2.45) is 0 Å². The van der Waals surface area contributed by atoms with Gasteiger partial charge in [-0.3, -0.25) is 9.97 Å². The smallest absolute Gasteiger partial charge is 0.0885 e. The first-order valence-corrected chi connectivity index (χ1v) is 9.05. The highest BCUT2D eigenvalue weighted by atomic mass is 15.0. The molecule has 4 rings (SSSR count). The molecule has 0 saturated heterocycles. The van der Waals surface area contributed by atoms with Crippen molar-refractivity contribution < 1.29 is 0 Å². The largest absolute Gasteiger partial charge is 0.309 e. The lowest BCUT2D eigenvalue weighted by Gasteiger charge is -2.07. The molecule has 0 aliphatic heterocycles. The number of nitrogens with one attached hydrogen (secondary N) is 1. The number of nitrogens with zero attached hydrogens (tertiary/aromatic N) is 2. The normalized spacial score (nSPS) is 18.5. The summed E-state index contributed by atoms with van der Waals surface area (Å²) >= 11 is 0. The molecule has 1 aromatic heterocycles. The standard InChI is InChI=1S/C23H23N3/c1-16(2)18-7-9-19(10-8-18)21-13-22(21)26-14-17-3-5-20(6-4-17)23-15-24-11-12-25-23/h3-12,15,21-22,26H,1,13-14H2,2H3. The van der Waals surface area contributed by atoms with Crippen LogP contribution in [0.5, 0.6) is 0 Å². The Bertz CT molecular complexity index is 883. The van der Waals surface area contributed by atoms with Crippen molar-refractivity contribution in [2.45, 2.75) is 31.8 Å². The average Bonchev–Trinajstić information content (AvgIpc) is 3.47. The van der Waals surface area contributed by atoms with Crippen LogP contribution in [0, 0.1) is 0 Å². The summed E-state index contributed by atoms with van der Waals surface area (Å²) in [6.07, 6.45) is 6.42. The Labute approximate surface area is 154 Å². The first-order valence-electron chi connectivity index (χ1n) is 9.05. The zero-order chi connectivity index (χ0) is 17.9. The van der Waals surface area contributed by atoms with Crippen molar-refractivity contribution >= 4 is 5.57 Å². The van der Waals surface area contributed by atoms with Crippen LogP contribution in [0.1, 0.15) is 36.0 Å². The molecule has 26 heavy (non-hydrogen) atoms. The van der Waals surface area contributed by atoms with Gasteiger partial charge in [0.05, 0.1) is 11.9 Å². The molecule has 1 N–H and O–H groups in total. The monoisotopic (exact) mass is 341 g/mol. The highest BCUT2D eigenvalue weighted by Gasteiger charge is 2.37. The van der Waals surface area contributed by atoms with Gasteiger partial charge in [0.25, 0.3) is 0 Å². The van der Waals surface area contributed by atoms with Crippen LogP contribution in [-0.2, 0) is 6.54 Å². The van der Waals surface area contributed by atoms with Crippen molar-refractivity contribution in [2.75, 3.05) is 0 Å². The van der Waals surface area contributed by atoms with E-state index in [0.29, 0.717) is 12.0 Å². The summed E-state index contributed by atoms with van der Waals surface area (Å²) in [5.41, 5.74) is 7.07. The predicted octanol–water partition coefficient (Wildman–Crippen LogP) is 4.82. The molecule has 1 heterocycles. The Morgan fingerprint density at radius 3 is 2.50 bits per heavy atom. The second-order valence-corrected chi connectivity index (χ2v) is 7.02. The summed E-state index contributed by atoms with van der Waals surface area (Å²) in [6.45, 7) is 6.94. The molecule has 2 aromatic carbocycles. The van der Waals surface area contributed by atoms with Gasteiger partial charge < -0.3 is 5.32 Å². The van der Waals surface area contributed by atoms with Gasteiger partial charge in [-0.1, -0.05) is 60.7 Å². The molecule has 0 spiro atoms. The van der Waals surface area contributed by atoms with Crippen molar-refractivity contribution in [1.82, 2.24) is 15.3 Å². The zero-order valence-corrected chi connectivity index (χ0v) is 15.0. The lowest BCUT2D eigenvalue weighted by molar-refractivity contribution is 0.673. The molecular formula is C23H23N3. The first-order chi connectivity index (χ1) is 12.7. The minimum Gasteiger partial charge on any atom is -0.309 e. The lowest BCUT2D eigenvalue weighted by Crippen LogP contribution is -2.17. The van der Waals surface area contributed by atoms with Crippen LogP contribution >= 0.6 is 0 Å². The van der Waals surface area contributed by atoms with Crippen LogP contribution in [0.4, 0.5) is 0 Å². The van der Waals surface area contributed by atoms with E-state index < -0.39 is 0 Å². The Balaban J connectivity index is 1.32. The van der Waals surface area contributed by atoms with Crippen LogP contribution in [0.15, 0.2) is 73.7 Å². The zero-order valence-electron chi connectivity index (χ0n) is 15.0. The Morgan fingerprint density at radius 2 is 1.85 bits per heavy atom. The van der Waals surface area contributed by atoms with Crippen LogP contribution in [-0.4, -0.2) is 16.0 Å². The van der Waals surface area contributed by atoms with Gasteiger partial charge in [0.2, 0.25) is 0 Å². The van der Waals surface area contributed by atoms with Gasteiger partial charge in [-0.25, -0.2) is 0 Å². The third-order valence-corrected chi connectivity index (χ3v) is 5.00. The number of allylic oxidation sites excluding steroid dienone is 1. The number of hydrogen-bond acceptors (Lipinski definition) is 3. The molecule has 0 radical (unpaired) electrons. The van der Waals surface area contributed by atoms with E-state index in [9.17, 15) is 0 Å². The molecule has 0 amide bonds. The molecular weight excluding hydrogens is 318 g/mol.